The first kappa shape index (κ1) is 30.4. The Morgan fingerprint density at radius 2 is 1.72 bits per heavy atom. The quantitative estimate of drug-likeness (QED) is 0.213. The van der Waals surface area contributed by atoms with E-state index in [2.05, 4.69) is 82.5 Å². The number of sulfonamides is 1. The molecule has 9 nitrogen and oxygen atoms in total. The molecule has 1 saturated heterocycles. The summed E-state index contributed by atoms with van der Waals surface area (Å²) in [5.41, 5.74) is 7.45. The van der Waals surface area contributed by atoms with Crippen LogP contribution in [0.15, 0.2) is 72.9 Å². The van der Waals surface area contributed by atoms with Gasteiger partial charge in [-0.25, -0.2) is 8.42 Å². The van der Waals surface area contributed by atoms with Gasteiger partial charge in [0.2, 0.25) is 10.0 Å². The monoisotopic (exact) mass is 618 g/mol. The predicted octanol–water partition coefficient (Wildman–Crippen LogP) is 5.89. The van der Waals surface area contributed by atoms with Crippen molar-refractivity contribution in [2.24, 2.45) is 0 Å². The molecule has 3 heterocycles. The molecule has 2 atom stereocenters. The number of hydrogen-bond donors (Lipinski definition) is 2. The van der Waals surface area contributed by atoms with Crippen molar-refractivity contribution < 1.29 is 13.2 Å². The number of nitrogens with zero attached hydrogens (tertiary/aromatic N) is 4. The lowest BCUT2D eigenvalue weighted by molar-refractivity contribution is 0.417. The second-order valence-corrected chi connectivity index (χ2v) is 12.7. The second-order valence-electron chi connectivity index (χ2n) is 10.6. The van der Waals surface area contributed by atoms with Crippen molar-refractivity contribution in [1.29, 1.82) is 0 Å². The van der Waals surface area contributed by atoms with Crippen LogP contribution in [-0.4, -0.2) is 49.5 Å². The van der Waals surface area contributed by atoms with Gasteiger partial charge in [0.15, 0.2) is 5.11 Å². The Bertz CT molecular complexity index is 1720. The molecule has 43 heavy (non-hydrogen) atoms. The van der Waals surface area contributed by atoms with Gasteiger partial charge in [-0.1, -0.05) is 6.07 Å². The number of aromatic nitrogens is 2. The molecule has 0 amide bonds. The number of methoxy groups -OCH3 is 1. The van der Waals surface area contributed by atoms with E-state index in [1.807, 2.05) is 29.2 Å². The third-order valence-electron chi connectivity index (χ3n) is 7.88. The van der Waals surface area contributed by atoms with Crippen molar-refractivity contribution in [3.63, 3.8) is 0 Å². The standard InChI is InChI=1S/C32H38N6O3S2/c1-7-36(8-2)23-12-14-24(15-13-23)37-21(3)19-26(22(37)4)31-30(27-11-9-10-18-33-27)34-32(42)38(31)25-16-17-29(41-5)28(20-25)35-43(6,39)40/h9-20,30-31,35H,7-8H2,1-6H3,(H,34,42)/t30-,31-/m1/s1. The molecule has 11 heteroatoms. The minimum absolute atomic E-state index is 0.249. The topological polar surface area (TPSA) is 91.7 Å². The number of rotatable bonds is 10. The Balaban J connectivity index is 1.64. The SMILES string of the molecule is CCN(CC)c1ccc(-n2c(C)cc([C@@H]3[C@@H](c4ccccn4)NC(=S)N3c3ccc(OC)c(NS(C)(=O)=O)c3)c2C)cc1. The zero-order valence-electron chi connectivity index (χ0n) is 25.3. The maximum absolute atomic E-state index is 12.2. The van der Waals surface area contributed by atoms with E-state index in [1.54, 1.807) is 18.3 Å². The van der Waals surface area contributed by atoms with E-state index in [-0.39, 0.29) is 12.1 Å². The Labute approximate surface area is 259 Å². The minimum Gasteiger partial charge on any atom is -0.495 e. The van der Waals surface area contributed by atoms with Crippen LogP contribution in [0.2, 0.25) is 0 Å². The summed E-state index contributed by atoms with van der Waals surface area (Å²) in [5.74, 6) is 0.413. The summed E-state index contributed by atoms with van der Waals surface area (Å²) in [7, 11) is -2.04. The van der Waals surface area contributed by atoms with Crippen LogP contribution in [0.25, 0.3) is 5.69 Å². The number of ether oxygens (including phenoxy) is 1. The lowest BCUT2D eigenvalue weighted by Gasteiger charge is -2.29. The predicted molar refractivity (Wildman–Crippen MR) is 178 cm³/mol. The number of thiocarbonyl (C=S) groups is 1. The van der Waals surface area contributed by atoms with E-state index >= 15 is 0 Å². The van der Waals surface area contributed by atoms with E-state index in [9.17, 15) is 8.42 Å². The maximum Gasteiger partial charge on any atom is 0.229 e. The van der Waals surface area contributed by atoms with Gasteiger partial charge >= 0.3 is 0 Å². The number of anilines is 3. The molecular formula is C32H38N6O3S2. The van der Waals surface area contributed by atoms with Crippen LogP contribution in [0.3, 0.4) is 0 Å². The van der Waals surface area contributed by atoms with Gasteiger partial charge in [0, 0.05) is 47.7 Å². The van der Waals surface area contributed by atoms with Crippen molar-refractivity contribution >= 4 is 44.4 Å². The minimum atomic E-state index is -3.55. The molecule has 0 saturated carbocycles. The van der Waals surface area contributed by atoms with Crippen LogP contribution < -0.4 is 24.6 Å². The molecule has 0 spiro atoms. The molecule has 2 N–H and O–H groups in total. The average molecular weight is 619 g/mol. The van der Waals surface area contributed by atoms with Gasteiger partial charge < -0.3 is 24.4 Å². The van der Waals surface area contributed by atoms with Gasteiger partial charge in [-0.2, -0.15) is 0 Å². The van der Waals surface area contributed by atoms with Crippen molar-refractivity contribution in [2.75, 3.05) is 41.0 Å². The Hall–Kier alpha value is -4.09. The molecule has 0 unspecified atom stereocenters. The van der Waals surface area contributed by atoms with Gasteiger partial charge in [0.05, 0.1) is 36.8 Å². The normalized spacial score (nSPS) is 16.7. The fraction of sp³-hybridized carbons (Fsp3) is 0.312. The Kier molecular flexibility index (Phi) is 8.66. The van der Waals surface area contributed by atoms with Crippen molar-refractivity contribution in [3.8, 4) is 11.4 Å². The van der Waals surface area contributed by atoms with Gasteiger partial charge in [-0.15, -0.1) is 0 Å². The van der Waals surface area contributed by atoms with Crippen LogP contribution in [0.5, 0.6) is 5.75 Å². The molecule has 1 fully saturated rings. The molecule has 0 bridgehead atoms. The summed E-state index contributed by atoms with van der Waals surface area (Å²) in [5, 5.41) is 4.02. The largest absolute Gasteiger partial charge is 0.495 e. The molecule has 5 rings (SSSR count). The molecule has 0 radical (unpaired) electrons. The zero-order chi connectivity index (χ0) is 30.9. The third-order valence-corrected chi connectivity index (χ3v) is 8.79. The number of aryl methyl sites for hydroxylation is 1. The molecule has 2 aromatic carbocycles. The van der Waals surface area contributed by atoms with E-state index in [1.165, 1.54) is 12.8 Å². The van der Waals surface area contributed by atoms with E-state index in [0.29, 0.717) is 16.5 Å². The van der Waals surface area contributed by atoms with E-state index in [0.717, 1.165) is 53.4 Å². The lowest BCUT2D eigenvalue weighted by atomic mass is 9.96. The summed E-state index contributed by atoms with van der Waals surface area (Å²) >= 11 is 5.93. The lowest BCUT2D eigenvalue weighted by Crippen LogP contribution is -2.29. The third kappa shape index (κ3) is 6.05. The van der Waals surface area contributed by atoms with Gasteiger partial charge in [-0.3, -0.25) is 9.71 Å². The smallest absolute Gasteiger partial charge is 0.229 e. The van der Waals surface area contributed by atoms with E-state index in [4.69, 9.17) is 17.0 Å². The van der Waals surface area contributed by atoms with Crippen molar-refractivity contribution in [3.05, 3.63) is 95.6 Å². The molecule has 1 aliphatic rings. The fourth-order valence-corrected chi connectivity index (χ4v) is 6.86. The molecule has 1 aliphatic heterocycles. The van der Waals surface area contributed by atoms with Crippen LogP contribution >= 0.6 is 12.2 Å². The summed E-state index contributed by atoms with van der Waals surface area (Å²) in [6.07, 6.45) is 2.90. The van der Waals surface area contributed by atoms with Crippen molar-refractivity contribution in [1.82, 2.24) is 14.9 Å². The summed E-state index contributed by atoms with van der Waals surface area (Å²) in [6.45, 7) is 10.5. The number of benzene rings is 2. The first-order valence-corrected chi connectivity index (χ1v) is 16.6. The molecule has 2 aromatic heterocycles. The molecule has 226 valence electrons. The van der Waals surface area contributed by atoms with Crippen LogP contribution in [-0.2, 0) is 10.0 Å². The van der Waals surface area contributed by atoms with Crippen LogP contribution in [0, 0.1) is 13.8 Å². The van der Waals surface area contributed by atoms with Crippen LogP contribution in [0.1, 0.15) is 48.6 Å². The fourth-order valence-electron chi connectivity index (χ4n) is 5.96. The van der Waals surface area contributed by atoms with Crippen LogP contribution in [0.4, 0.5) is 17.1 Å². The average Bonchev–Trinajstić information content (AvgIpc) is 3.48. The Morgan fingerprint density at radius 3 is 2.33 bits per heavy atom. The summed E-state index contributed by atoms with van der Waals surface area (Å²) in [4.78, 5) is 9.04. The Morgan fingerprint density at radius 1 is 1.02 bits per heavy atom. The first-order chi connectivity index (χ1) is 20.6. The second kappa shape index (κ2) is 12.3. The summed E-state index contributed by atoms with van der Waals surface area (Å²) < 4.78 is 34.6. The van der Waals surface area contributed by atoms with Gasteiger partial charge in [0.25, 0.3) is 0 Å². The van der Waals surface area contributed by atoms with Gasteiger partial charge in [0.1, 0.15) is 5.75 Å². The van der Waals surface area contributed by atoms with Crippen molar-refractivity contribution in [2.45, 2.75) is 39.8 Å². The maximum atomic E-state index is 12.2. The molecule has 4 aromatic rings. The van der Waals surface area contributed by atoms with E-state index < -0.39 is 10.0 Å². The molecule has 0 aliphatic carbocycles. The number of pyridine rings is 1. The molecular weight excluding hydrogens is 581 g/mol. The highest BCUT2D eigenvalue weighted by Gasteiger charge is 2.42. The highest BCUT2D eigenvalue weighted by Crippen LogP contribution is 2.45. The first-order valence-electron chi connectivity index (χ1n) is 14.3. The zero-order valence-corrected chi connectivity index (χ0v) is 27.0. The summed E-state index contributed by atoms with van der Waals surface area (Å²) in [6, 6.07) is 21.6. The highest BCUT2D eigenvalue weighted by molar-refractivity contribution is 7.92. The highest BCUT2D eigenvalue weighted by atomic mass is 32.2. The number of nitrogens with one attached hydrogen (secondary N) is 2. The number of hydrogen-bond acceptors (Lipinski definition) is 6. The van der Waals surface area contributed by atoms with Gasteiger partial charge in [-0.05, 0) is 106 Å².